The Bertz CT molecular complexity index is 943. The fourth-order valence-corrected chi connectivity index (χ4v) is 4.63. The van der Waals surface area contributed by atoms with E-state index in [4.69, 9.17) is 0 Å². The maximum Gasteiger partial charge on any atom is 0.317 e. The van der Waals surface area contributed by atoms with E-state index in [1.54, 1.807) is 0 Å². The molecular formula is C22H24BrN3O. The van der Waals surface area contributed by atoms with Crippen LogP contribution in [0.1, 0.15) is 42.9 Å². The Morgan fingerprint density at radius 3 is 2.63 bits per heavy atom. The van der Waals surface area contributed by atoms with E-state index < -0.39 is 0 Å². The second-order valence-electron chi connectivity index (χ2n) is 7.24. The quantitative estimate of drug-likeness (QED) is 0.564. The van der Waals surface area contributed by atoms with Crippen molar-refractivity contribution in [2.75, 3.05) is 13.1 Å². The number of amides is 2. The molecule has 1 saturated heterocycles. The fraction of sp³-hybridized carbons (Fsp3) is 0.318. The van der Waals surface area contributed by atoms with Gasteiger partial charge in [-0.2, -0.15) is 0 Å². The smallest absolute Gasteiger partial charge is 0.317 e. The van der Waals surface area contributed by atoms with E-state index in [2.05, 4.69) is 56.7 Å². The number of hydrogen-bond donors (Lipinski definition) is 2. The molecule has 3 aromatic rings. The minimum absolute atomic E-state index is 0.0237. The van der Waals surface area contributed by atoms with Crippen molar-refractivity contribution in [2.45, 2.75) is 31.7 Å². The number of fused-ring (bicyclic) bond motifs is 1. The summed E-state index contributed by atoms with van der Waals surface area (Å²) in [6.07, 6.45) is 4.14. The van der Waals surface area contributed by atoms with Crippen LogP contribution < -0.4 is 5.32 Å². The lowest BCUT2D eigenvalue weighted by atomic mass is 9.89. The molecule has 0 radical (unpaired) electrons. The summed E-state index contributed by atoms with van der Waals surface area (Å²) in [5.41, 5.74) is 3.67. The molecule has 0 aliphatic carbocycles. The van der Waals surface area contributed by atoms with Crippen LogP contribution in [-0.2, 0) is 0 Å². The summed E-state index contributed by atoms with van der Waals surface area (Å²) in [7, 11) is 0. The number of rotatable bonds is 3. The van der Waals surface area contributed by atoms with Crippen molar-refractivity contribution in [1.82, 2.24) is 15.2 Å². The highest BCUT2D eigenvalue weighted by Crippen LogP contribution is 2.33. The topological polar surface area (TPSA) is 48.1 Å². The molecule has 0 spiro atoms. The highest BCUT2D eigenvalue weighted by atomic mass is 79.9. The number of aromatic nitrogens is 1. The number of H-pyrrole nitrogens is 1. The number of hydrogen-bond acceptors (Lipinski definition) is 1. The third kappa shape index (κ3) is 3.74. The SMILES string of the molecule is CC(NC(=O)N1CCC(c2c[nH]c3ccccc23)CC1)c1ccccc1Br. The van der Waals surface area contributed by atoms with Gasteiger partial charge in [0.2, 0.25) is 0 Å². The zero-order valence-electron chi connectivity index (χ0n) is 15.4. The number of halogens is 1. The van der Waals surface area contributed by atoms with Crippen molar-refractivity contribution in [3.05, 3.63) is 70.3 Å². The Balaban J connectivity index is 1.37. The minimum atomic E-state index is -0.0283. The molecule has 4 rings (SSSR count). The van der Waals surface area contributed by atoms with Crippen molar-refractivity contribution in [2.24, 2.45) is 0 Å². The molecule has 4 nitrogen and oxygen atoms in total. The Kier molecular flexibility index (Phi) is 5.21. The van der Waals surface area contributed by atoms with Crippen molar-refractivity contribution in [3.63, 3.8) is 0 Å². The van der Waals surface area contributed by atoms with Gasteiger partial charge in [-0.25, -0.2) is 4.79 Å². The van der Waals surface area contributed by atoms with Gasteiger partial charge in [-0.3, -0.25) is 0 Å². The zero-order chi connectivity index (χ0) is 18.8. The molecule has 1 aliphatic rings. The summed E-state index contributed by atoms with van der Waals surface area (Å²) < 4.78 is 1.02. The molecule has 0 bridgehead atoms. The van der Waals surface area contributed by atoms with Crippen molar-refractivity contribution in [1.29, 1.82) is 0 Å². The first kappa shape index (κ1) is 18.1. The van der Waals surface area contributed by atoms with Crippen molar-refractivity contribution in [3.8, 4) is 0 Å². The molecule has 1 aliphatic heterocycles. The first-order valence-corrected chi connectivity index (χ1v) is 10.3. The van der Waals surface area contributed by atoms with E-state index in [-0.39, 0.29) is 12.1 Å². The number of carbonyl (C=O) groups is 1. The largest absolute Gasteiger partial charge is 0.361 e. The number of para-hydroxylation sites is 1. The second kappa shape index (κ2) is 7.77. The Morgan fingerprint density at radius 2 is 1.85 bits per heavy atom. The lowest BCUT2D eigenvalue weighted by molar-refractivity contribution is 0.178. The number of piperidine rings is 1. The van der Waals surface area contributed by atoms with Gasteiger partial charge in [0.05, 0.1) is 6.04 Å². The van der Waals surface area contributed by atoms with Gasteiger partial charge in [0, 0.05) is 34.7 Å². The highest BCUT2D eigenvalue weighted by molar-refractivity contribution is 9.10. The fourth-order valence-electron chi connectivity index (χ4n) is 4.01. The number of likely N-dealkylation sites (tertiary alicyclic amines) is 1. The average molecular weight is 426 g/mol. The number of aromatic amines is 1. The molecule has 1 fully saturated rings. The molecule has 2 amide bonds. The Labute approximate surface area is 168 Å². The van der Waals surface area contributed by atoms with E-state index in [0.29, 0.717) is 5.92 Å². The van der Waals surface area contributed by atoms with Crippen LogP contribution in [0, 0.1) is 0 Å². The van der Waals surface area contributed by atoms with Crippen LogP contribution in [0.25, 0.3) is 10.9 Å². The average Bonchev–Trinajstić information content (AvgIpc) is 3.12. The standard InChI is InChI=1S/C22H24BrN3O/c1-15(17-6-2-4-8-20(17)23)25-22(27)26-12-10-16(11-13-26)19-14-24-21-9-5-3-7-18(19)21/h2-9,14-16,24H,10-13H2,1H3,(H,25,27). The summed E-state index contributed by atoms with van der Waals surface area (Å²) in [6.45, 7) is 3.61. The number of urea groups is 1. The van der Waals surface area contributed by atoms with Gasteiger partial charge in [-0.15, -0.1) is 0 Å². The van der Waals surface area contributed by atoms with Crippen LogP contribution in [-0.4, -0.2) is 29.0 Å². The monoisotopic (exact) mass is 425 g/mol. The van der Waals surface area contributed by atoms with Gasteiger partial charge in [-0.1, -0.05) is 52.3 Å². The molecule has 2 heterocycles. The summed E-state index contributed by atoms with van der Waals surface area (Å²) in [5, 5.41) is 4.45. The number of nitrogens with one attached hydrogen (secondary N) is 2. The molecule has 1 atom stereocenters. The molecule has 1 unspecified atom stereocenters. The number of carbonyl (C=O) groups excluding carboxylic acids is 1. The van der Waals surface area contributed by atoms with E-state index in [0.717, 1.165) is 36.0 Å². The molecule has 2 aromatic carbocycles. The van der Waals surface area contributed by atoms with Gasteiger partial charge in [-0.05, 0) is 48.9 Å². The first-order valence-electron chi connectivity index (χ1n) is 9.49. The minimum Gasteiger partial charge on any atom is -0.361 e. The van der Waals surface area contributed by atoms with E-state index in [9.17, 15) is 4.79 Å². The van der Waals surface area contributed by atoms with Gasteiger partial charge < -0.3 is 15.2 Å². The summed E-state index contributed by atoms with van der Waals surface area (Å²) in [6, 6.07) is 16.5. The predicted octanol–water partition coefficient (Wildman–Crippen LogP) is 5.58. The van der Waals surface area contributed by atoms with E-state index in [1.807, 2.05) is 36.1 Å². The second-order valence-corrected chi connectivity index (χ2v) is 8.10. The Hall–Kier alpha value is -2.27. The van der Waals surface area contributed by atoms with Gasteiger partial charge in [0.1, 0.15) is 0 Å². The van der Waals surface area contributed by atoms with Crippen LogP contribution in [0.4, 0.5) is 4.79 Å². The maximum absolute atomic E-state index is 12.7. The molecular weight excluding hydrogens is 402 g/mol. The van der Waals surface area contributed by atoms with Gasteiger partial charge in [0.25, 0.3) is 0 Å². The third-order valence-corrected chi connectivity index (χ3v) is 6.28. The van der Waals surface area contributed by atoms with Crippen molar-refractivity contribution < 1.29 is 4.79 Å². The van der Waals surface area contributed by atoms with Crippen LogP contribution in [0.15, 0.2) is 59.2 Å². The predicted molar refractivity (Wildman–Crippen MR) is 113 cm³/mol. The third-order valence-electron chi connectivity index (χ3n) is 5.55. The van der Waals surface area contributed by atoms with Crippen LogP contribution in [0.3, 0.4) is 0 Å². The van der Waals surface area contributed by atoms with Crippen molar-refractivity contribution >= 4 is 32.9 Å². The molecule has 2 N–H and O–H groups in total. The molecule has 5 heteroatoms. The lowest BCUT2D eigenvalue weighted by Gasteiger charge is -2.33. The molecule has 1 aromatic heterocycles. The van der Waals surface area contributed by atoms with E-state index in [1.165, 1.54) is 16.5 Å². The van der Waals surface area contributed by atoms with Gasteiger partial charge in [0.15, 0.2) is 0 Å². The molecule has 140 valence electrons. The van der Waals surface area contributed by atoms with Crippen LogP contribution in [0.5, 0.6) is 0 Å². The highest BCUT2D eigenvalue weighted by Gasteiger charge is 2.26. The van der Waals surface area contributed by atoms with Gasteiger partial charge >= 0.3 is 6.03 Å². The van der Waals surface area contributed by atoms with E-state index >= 15 is 0 Å². The molecule has 27 heavy (non-hydrogen) atoms. The number of nitrogens with zero attached hydrogens (tertiary/aromatic N) is 1. The lowest BCUT2D eigenvalue weighted by Crippen LogP contribution is -2.44. The summed E-state index contributed by atoms with van der Waals surface area (Å²) >= 11 is 3.56. The van der Waals surface area contributed by atoms with Crippen LogP contribution >= 0.6 is 15.9 Å². The zero-order valence-corrected chi connectivity index (χ0v) is 17.0. The number of benzene rings is 2. The normalized spacial score (nSPS) is 16.4. The summed E-state index contributed by atoms with van der Waals surface area (Å²) in [4.78, 5) is 18.0. The Morgan fingerprint density at radius 1 is 1.15 bits per heavy atom. The first-order chi connectivity index (χ1) is 13.1. The molecule has 0 saturated carbocycles. The summed E-state index contributed by atoms with van der Waals surface area (Å²) in [5.74, 6) is 0.505. The maximum atomic E-state index is 12.7. The van der Waals surface area contributed by atoms with Crippen LogP contribution in [0.2, 0.25) is 0 Å².